The van der Waals surface area contributed by atoms with E-state index < -0.39 is 0 Å². The Morgan fingerprint density at radius 3 is 2.22 bits per heavy atom. The van der Waals surface area contributed by atoms with Crippen molar-refractivity contribution in [2.45, 2.75) is 112 Å². The maximum atomic E-state index is 12.6. The average molecular weight is 441 g/mol. The molecule has 0 radical (unpaired) electrons. The lowest BCUT2D eigenvalue weighted by Gasteiger charge is -2.72. The zero-order valence-corrected chi connectivity index (χ0v) is 21.7. The molecule has 0 heterocycles. The highest BCUT2D eigenvalue weighted by Crippen LogP contribution is 2.77. The van der Waals surface area contributed by atoms with Crippen molar-refractivity contribution >= 4 is 6.29 Å². The molecule has 0 bridgehead atoms. The zero-order chi connectivity index (χ0) is 23.3. The lowest BCUT2D eigenvalue weighted by Crippen LogP contribution is -2.66. The van der Waals surface area contributed by atoms with E-state index in [9.17, 15) is 9.90 Å². The predicted octanol–water partition coefficient (Wildman–Crippen LogP) is 7.20. The minimum atomic E-state index is -0.158. The van der Waals surface area contributed by atoms with Crippen molar-refractivity contribution in [3.63, 3.8) is 0 Å². The number of carbonyl (C=O) groups excluding carboxylic acids is 1. The number of carbonyl (C=O) groups is 1. The monoisotopic (exact) mass is 440 g/mol. The van der Waals surface area contributed by atoms with E-state index in [0.717, 1.165) is 31.6 Å². The molecular formula is C30H48O2. The third-order valence-electron chi connectivity index (χ3n) is 13.3. The van der Waals surface area contributed by atoms with Crippen molar-refractivity contribution in [2.75, 3.05) is 0 Å². The molecule has 0 spiro atoms. The van der Waals surface area contributed by atoms with Crippen molar-refractivity contribution in [1.29, 1.82) is 0 Å². The molecule has 2 unspecified atom stereocenters. The number of aliphatic hydroxyl groups is 1. The van der Waals surface area contributed by atoms with Crippen LogP contribution in [0.4, 0.5) is 0 Å². The van der Waals surface area contributed by atoms with Crippen LogP contribution in [-0.2, 0) is 4.79 Å². The van der Waals surface area contributed by atoms with Gasteiger partial charge in [0, 0.05) is 5.41 Å². The van der Waals surface area contributed by atoms with Crippen molar-refractivity contribution in [2.24, 2.45) is 56.7 Å². The fraction of sp³-hybridized carbons (Fsp3) is 0.900. The van der Waals surface area contributed by atoms with Crippen LogP contribution in [0.3, 0.4) is 0 Å². The molecule has 2 nitrogen and oxygen atoms in total. The number of aldehydes is 1. The summed E-state index contributed by atoms with van der Waals surface area (Å²) in [5.74, 6) is 3.03. The molecule has 0 saturated heterocycles. The first kappa shape index (κ1) is 23.1. The van der Waals surface area contributed by atoms with Crippen LogP contribution < -0.4 is 0 Å². The van der Waals surface area contributed by atoms with Crippen LogP contribution >= 0.6 is 0 Å². The van der Waals surface area contributed by atoms with Gasteiger partial charge in [0.1, 0.15) is 6.29 Å². The van der Waals surface area contributed by atoms with Gasteiger partial charge in [-0.25, -0.2) is 0 Å². The summed E-state index contributed by atoms with van der Waals surface area (Å²) in [6, 6.07) is 0. The zero-order valence-electron chi connectivity index (χ0n) is 21.7. The molecule has 10 atom stereocenters. The summed E-state index contributed by atoms with van der Waals surface area (Å²) in [7, 11) is 0. The molecular weight excluding hydrogens is 392 g/mol. The number of fused-ring (bicyclic) bond motifs is 7. The third-order valence-corrected chi connectivity index (χ3v) is 13.3. The topological polar surface area (TPSA) is 37.3 Å². The van der Waals surface area contributed by atoms with Gasteiger partial charge >= 0.3 is 0 Å². The summed E-state index contributed by atoms with van der Waals surface area (Å²) < 4.78 is 0. The summed E-state index contributed by atoms with van der Waals surface area (Å²) in [6.45, 7) is 19.2. The number of hydrogen-bond donors (Lipinski definition) is 1. The second-order valence-electron chi connectivity index (χ2n) is 14.4. The predicted molar refractivity (Wildman–Crippen MR) is 131 cm³/mol. The van der Waals surface area contributed by atoms with Crippen LogP contribution in [-0.4, -0.2) is 17.5 Å². The van der Waals surface area contributed by atoms with Crippen LogP contribution in [0.2, 0.25) is 0 Å². The average Bonchev–Trinajstić information content (AvgIpc) is 3.12. The number of rotatable bonds is 2. The second kappa shape index (κ2) is 6.96. The van der Waals surface area contributed by atoms with Gasteiger partial charge in [-0.3, -0.25) is 0 Å². The summed E-state index contributed by atoms with van der Waals surface area (Å²) in [4.78, 5) is 12.6. The SMILES string of the molecule is C=C(C)C1CC[C@]2(C=O)CC[C@]3(C)[C@H](CC[C@@H]4[C@@]5(C)CC[C@H](O)C(C)(C)[C@@H]5CC[C@]43C)C12. The molecule has 0 aromatic rings. The minimum Gasteiger partial charge on any atom is -0.393 e. The Hall–Kier alpha value is -0.630. The minimum absolute atomic E-state index is 0.0157. The fourth-order valence-electron chi connectivity index (χ4n) is 11.4. The molecule has 5 fully saturated rings. The lowest BCUT2D eigenvalue weighted by atomic mass is 9.32. The largest absolute Gasteiger partial charge is 0.393 e. The van der Waals surface area contributed by atoms with Crippen molar-refractivity contribution in [3.8, 4) is 0 Å². The summed E-state index contributed by atoms with van der Waals surface area (Å²) >= 11 is 0. The highest BCUT2D eigenvalue weighted by Gasteiger charge is 2.70. The first-order valence-corrected chi connectivity index (χ1v) is 13.7. The first-order chi connectivity index (χ1) is 14.9. The van der Waals surface area contributed by atoms with Gasteiger partial charge in [-0.15, -0.1) is 0 Å². The summed E-state index contributed by atoms with van der Waals surface area (Å²) in [6.07, 6.45) is 13.1. The molecule has 0 amide bonds. The molecule has 180 valence electrons. The van der Waals surface area contributed by atoms with E-state index >= 15 is 0 Å². The van der Waals surface area contributed by atoms with E-state index in [1.165, 1.54) is 50.4 Å². The normalized spacial score (nSPS) is 56.3. The van der Waals surface area contributed by atoms with Crippen molar-refractivity contribution in [3.05, 3.63) is 12.2 Å². The van der Waals surface area contributed by atoms with Gasteiger partial charge in [-0.2, -0.15) is 0 Å². The van der Waals surface area contributed by atoms with Gasteiger partial charge in [0.05, 0.1) is 6.10 Å². The molecule has 1 N–H and O–H groups in total. The van der Waals surface area contributed by atoms with E-state index in [4.69, 9.17) is 0 Å². The van der Waals surface area contributed by atoms with Crippen LogP contribution in [0, 0.1) is 56.7 Å². The van der Waals surface area contributed by atoms with Crippen molar-refractivity contribution in [1.82, 2.24) is 0 Å². The molecule has 0 aliphatic heterocycles. The molecule has 5 rings (SSSR count). The highest BCUT2D eigenvalue weighted by atomic mass is 16.3. The standard InChI is InChI=1S/C30H48O2/c1-19(2)20-10-15-30(18-31)17-16-28(6)21(25(20)30)8-9-23-27(5)13-12-24(32)26(3,4)22(27)11-14-29(23,28)7/h18,20-25,32H,1,8-17H2,2-7H3/t20?,21-,22+,23-,24+,25?,27+,28-,29-,30-/m1/s1. The van der Waals surface area contributed by atoms with Crippen LogP contribution in [0.15, 0.2) is 12.2 Å². The molecule has 5 saturated carbocycles. The van der Waals surface area contributed by atoms with Gasteiger partial charge < -0.3 is 9.90 Å². The van der Waals surface area contributed by atoms with Gasteiger partial charge in [0.2, 0.25) is 0 Å². The van der Waals surface area contributed by atoms with Crippen molar-refractivity contribution < 1.29 is 9.90 Å². The Morgan fingerprint density at radius 1 is 0.844 bits per heavy atom. The third kappa shape index (κ3) is 2.60. The molecule has 5 aliphatic carbocycles. The van der Waals surface area contributed by atoms with E-state index in [1.807, 2.05) is 0 Å². The number of aliphatic hydroxyl groups excluding tert-OH is 1. The molecule has 2 heteroatoms. The molecule has 5 aliphatic rings. The van der Waals surface area contributed by atoms with Crippen LogP contribution in [0.1, 0.15) is 106 Å². The Balaban J connectivity index is 1.56. The number of allylic oxidation sites excluding steroid dienone is 1. The van der Waals surface area contributed by atoms with Gasteiger partial charge in [0.15, 0.2) is 0 Å². The van der Waals surface area contributed by atoms with Crippen LogP contribution in [0.5, 0.6) is 0 Å². The van der Waals surface area contributed by atoms with E-state index in [1.54, 1.807) is 0 Å². The smallest absolute Gasteiger partial charge is 0.126 e. The Morgan fingerprint density at radius 2 is 1.56 bits per heavy atom. The Kier molecular flexibility index (Phi) is 5.03. The summed E-state index contributed by atoms with van der Waals surface area (Å²) in [5, 5.41) is 10.9. The molecule has 32 heavy (non-hydrogen) atoms. The number of hydrogen-bond acceptors (Lipinski definition) is 2. The fourth-order valence-corrected chi connectivity index (χ4v) is 11.4. The molecule has 0 aromatic carbocycles. The van der Waals surface area contributed by atoms with E-state index in [2.05, 4.69) is 48.1 Å². The van der Waals surface area contributed by atoms with Gasteiger partial charge in [-0.1, -0.05) is 46.8 Å². The van der Waals surface area contributed by atoms with Crippen LogP contribution in [0.25, 0.3) is 0 Å². The summed E-state index contributed by atoms with van der Waals surface area (Å²) in [5.41, 5.74) is 2.20. The quantitative estimate of drug-likeness (QED) is 0.364. The van der Waals surface area contributed by atoms with E-state index in [0.29, 0.717) is 39.9 Å². The maximum Gasteiger partial charge on any atom is 0.126 e. The first-order valence-electron chi connectivity index (χ1n) is 13.7. The Labute approximate surface area is 197 Å². The van der Waals surface area contributed by atoms with E-state index in [-0.39, 0.29) is 16.9 Å². The lowest BCUT2D eigenvalue weighted by molar-refractivity contribution is -0.245. The maximum absolute atomic E-state index is 12.6. The Bertz CT molecular complexity index is 814. The highest BCUT2D eigenvalue weighted by molar-refractivity contribution is 5.62. The van der Waals surface area contributed by atoms with Gasteiger partial charge in [0.25, 0.3) is 0 Å². The molecule has 0 aromatic heterocycles. The second-order valence-corrected chi connectivity index (χ2v) is 14.4. The van der Waals surface area contributed by atoms with Gasteiger partial charge in [-0.05, 0) is 122 Å².